The predicted octanol–water partition coefficient (Wildman–Crippen LogP) is 2.34. The maximum absolute atomic E-state index is 12.0. The summed E-state index contributed by atoms with van der Waals surface area (Å²) in [5, 5.41) is 15.1. The second-order valence-corrected chi connectivity index (χ2v) is 5.53. The van der Waals surface area contributed by atoms with Crippen molar-refractivity contribution in [2.45, 2.75) is 26.4 Å². The van der Waals surface area contributed by atoms with Crippen molar-refractivity contribution in [3.05, 3.63) is 55.2 Å². The van der Waals surface area contributed by atoms with Gasteiger partial charge in [0.2, 0.25) is 0 Å². The molecule has 0 saturated carbocycles. The van der Waals surface area contributed by atoms with Gasteiger partial charge in [-0.05, 0) is 35.8 Å². The van der Waals surface area contributed by atoms with Gasteiger partial charge in [0.1, 0.15) is 0 Å². The fourth-order valence-corrected chi connectivity index (χ4v) is 2.22. The quantitative estimate of drug-likeness (QED) is 0.631. The molecule has 2 aromatic heterocycles. The van der Waals surface area contributed by atoms with E-state index in [1.807, 2.05) is 20.0 Å². The zero-order valence-corrected chi connectivity index (χ0v) is 12.6. The first-order valence-corrected chi connectivity index (χ1v) is 6.76. The number of halogens is 1. The molecule has 0 spiro atoms. The lowest BCUT2D eigenvalue weighted by atomic mass is 10.3. The smallest absolute Gasteiger partial charge is 0.302 e. The largest absolute Gasteiger partial charge is 0.335 e. The van der Waals surface area contributed by atoms with Gasteiger partial charge in [0, 0.05) is 29.0 Å². The summed E-state index contributed by atoms with van der Waals surface area (Å²) in [6.45, 7) is 4.18. The van der Waals surface area contributed by atoms with E-state index in [0.29, 0.717) is 10.2 Å². The van der Waals surface area contributed by atoms with E-state index < -0.39 is 16.2 Å². The molecule has 0 aliphatic carbocycles. The lowest BCUT2D eigenvalue weighted by Gasteiger charge is -2.06. The Morgan fingerprint density at radius 3 is 2.75 bits per heavy atom. The summed E-state index contributed by atoms with van der Waals surface area (Å²) in [7, 11) is 0. The van der Waals surface area contributed by atoms with Crippen LogP contribution in [0.4, 0.5) is 5.69 Å². The van der Waals surface area contributed by atoms with Crippen molar-refractivity contribution in [1.29, 1.82) is 0 Å². The Kier molecular flexibility index (Phi) is 4.03. The number of nitro groups is 1. The van der Waals surface area contributed by atoms with Crippen LogP contribution in [0.1, 0.15) is 25.6 Å². The first-order valence-electron chi connectivity index (χ1n) is 5.97. The van der Waals surface area contributed by atoms with Gasteiger partial charge >= 0.3 is 11.2 Å². The molecule has 2 heterocycles. The molecule has 0 bridgehead atoms. The fourth-order valence-electron chi connectivity index (χ4n) is 1.76. The summed E-state index contributed by atoms with van der Waals surface area (Å²) >= 11 is 3.17. The molecule has 106 valence electrons. The van der Waals surface area contributed by atoms with Crippen LogP contribution in [0.3, 0.4) is 0 Å². The Morgan fingerprint density at radius 2 is 2.20 bits per heavy atom. The molecule has 0 fully saturated rings. The summed E-state index contributed by atoms with van der Waals surface area (Å²) < 4.78 is 3.52. The topological polar surface area (TPSA) is 83.0 Å². The minimum Gasteiger partial charge on any atom is -0.302 e. The molecular weight excluding hydrogens is 328 g/mol. The number of pyridine rings is 1. The monoisotopic (exact) mass is 340 g/mol. The lowest BCUT2D eigenvalue weighted by Crippen LogP contribution is -2.23. The molecule has 0 amide bonds. The Labute approximate surface area is 123 Å². The number of nitrogens with zero attached hydrogens (tertiary/aromatic N) is 4. The van der Waals surface area contributed by atoms with E-state index in [1.54, 1.807) is 10.7 Å². The van der Waals surface area contributed by atoms with Gasteiger partial charge in [0.15, 0.2) is 0 Å². The number of hydrogen-bond acceptors (Lipinski definition) is 4. The van der Waals surface area contributed by atoms with Crippen LogP contribution in [0.5, 0.6) is 0 Å². The summed E-state index contributed by atoms with van der Waals surface area (Å²) in [5.41, 5.74) is -0.423. The second kappa shape index (κ2) is 5.58. The Morgan fingerprint density at radius 1 is 1.50 bits per heavy atom. The molecule has 0 saturated heterocycles. The van der Waals surface area contributed by atoms with Crippen molar-refractivity contribution in [3.63, 3.8) is 0 Å². The molecule has 0 aliphatic rings. The summed E-state index contributed by atoms with van der Waals surface area (Å²) in [6.07, 6.45) is 3.33. The van der Waals surface area contributed by atoms with Gasteiger partial charge in [-0.2, -0.15) is 5.10 Å². The third-order valence-electron chi connectivity index (χ3n) is 2.76. The van der Waals surface area contributed by atoms with Gasteiger partial charge in [-0.15, -0.1) is 0 Å². The average molecular weight is 341 g/mol. The van der Waals surface area contributed by atoms with E-state index >= 15 is 0 Å². The van der Waals surface area contributed by atoms with Gasteiger partial charge in [-0.1, -0.05) is 0 Å². The molecule has 0 atom stereocenters. The van der Waals surface area contributed by atoms with Crippen molar-refractivity contribution in [3.8, 4) is 0 Å². The van der Waals surface area contributed by atoms with Crippen LogP contribution in [-0.2, 0) is 6.54 Å². The second-order valence-electron chi connectivity index (χ2n) is 4.61. The number of hydrogen-bond donors (Lipinski definition) is 0. The van der Waals surface area contributed by atoms with Gasteiger partial charge in [0.25, 0.3) is 0 Å². The molecule has 0 unspecified atom stereocenters. The Hall–Kier alpha value is -1.96. The number of rotatable bonds is 4. The minimum atomic E-state index is -0.684. The van der Waals surface area contributed by atoms with Crippen molar-refractivity contribution in [1.82, 2.24) is 14.3 Å². The van der Waals surface area contributed by atoms with E-state index in [1.165, 1.54) is 16.8 Å². The summed E-state index contributed by atoms with van der Waals surface area (Å²) in [4.78, 5) is 22.1. The molecule has 7 nitrogen and oxygen atoms in total. The van der Waals surface area contributed by atoms with Crippen molar-refractivity contribution in [2.75, 3.05) is 0 Å². The highest BCUT2D eigenvalue weighted by Gasteiger charge is 2.16. The number of aromatic nitrogens is 3. The normalized spacial score (nSPS) is 11.0. The summed E-state index contributed by atoms with van der Waals surface area (Å²) in [6, 6.07) is 3.21. The molecule has 2 rings (SSSR count). The van der Waals surface area contributed by atoms with Crippen molar-refractivity contribution in [2.24, 2.45) is 0 Å². The predicted molar refractivity (Wildman–Crippen MR) is 76.8 cm³/mol. The maximum Gasteiger partial charge on any atom is 0.335 e. The van der Waals surface area contributed by atoms with E-state index in [-0.39, 0.29) is 12.6 Å². The lowest BCUT2D eigenvalue weighted by molar-refractivity contribution is -0.386. The third-order valence-corrected chi connectivity index (χ3v) is 3.19. The van der Waals surface area contributed by atoms with E-state index in [9.17, 15) is 14.9 Å². The van der Waals surface area contributed by atoms with Crippen molar-refractivity contribution >= 4 is 21.6 Å². The van der Waals surface area contributed by atoms with Crippen LogP contribution in [0, 0.1) is 10.1 Å². The molecule has 2 aromatic rings. The first-order chi connectivity index (χ1) is 9.38. The van der Waals surface area contributed by atoms with Crippen LogP contribution < -0.4 is 5.56 Å². The minimum absolute atomic E-state index is 0.193. The van der Waals surface area contributed by atoms with Gasteiger partial charge < -0.3 is 4.57 Å². The zero-order chi connectivity index (χ0) is 14.9. The highest BCUT2D eigenvalue weighted by atomic mass is 79.9. The SMILES string of the molecule is CC(C)n1ccc(Cn2cc(Br)cc([N+](=O)[O-])c2=O)n1. The molecule has 20 heavy (non-hydrogen) atoms. The van der Waals surface area contributed by atoms with Crippen molar-refractivity contribution < 1.29 is 4.92 Å². The van der Waals surface area contributed by atoms with Crippen LogP contribution in [0.25, 0.3) is 0 Å². The first kappa shape index (κ1) is 14.4. The van der Waals surface area contributed by atoms with Gasteiger partial charge in [-0.25, -0.2) is 0 Å². The van der Waals surface area contributed by atoms with Gasteiger partial charge in [0.05, 0.1) is 17.2 Å². The molecule has 0 aromatic carbocycles. The Bertz CT molecular complexity index is 705. The highest BCUT2D eigenvalue weighted by molar-refractivity contribution is 9.10. The summed E-state index contributed by atoms with van der Waals surface area (Å²) in [5.74, 6) is 0. The van der Waals surface area contributed by atoms with Crippen LogP contribution in [0.15, 0.2) is 33.8 Å². The molecule has 0 N–H and O–H groups in total. The standard InChI is InChI=1S/C12H13BrN4O3/c1-8(2)16-4-3-10(14-16)7-15-6-9(13)5-11(12(15)18)17(19)20/h3-6,8H,7H2,1-2H3. The highest BCUT2D eigenvalue weighted by Crippen LogP contribution is 2.14. The van der Waals surface area contributed by atoms with Crippen LogP contribution >= 0.6 is 15.9 Å². The van der Waals surface area contributed by atoms with Crippen LogP contribution in [0.2, 0.25) is 0 Å². The van der Waals surface area contributed by atoms with E-state index in [4.69, 9.17) is 0 Å². The van der Waals surface area contributed by atoms with E-state index in [2.05, 4.69) is 21.0 Å². The molecular formula is C12H13BrN4O3. The average Bonchev–Trinajstić information content (AvgIpc) is 2.81. The molecule has 0 radical (unpaired) electrons. The molecule has 0 aliphatic heterocycles. The molecule has 8 heteroatoms. The van der Waals surface area contributed by atoms with E-state index in [0.717, 1.165) is 0 Å². The maximum atomic E-state index is 12.0. The fraction of sp³-hybridized carbons (Fsp3) is 0.333. The zero-order valence-electron chi connectivity index (χ0n) is 11.0. The Balaban J connectivity index is 2.38. The van der Waals surface area contributed by atoms with Crippen LogP contribution in [-0.4, -0.2) is 19.3 Å². The van der Waals surface area contributed by atoms with Gasteiger partial charge in [-0.3, -0.25) is 19.6 Å². The third kappa shape index (κ3) is 2.96.